The highest BCUT2D eigenvalue weighted by atomic mass is 32.2. The molecule has 3 aromatic rings. The van der Waals surface area contributed by atoms with Crippen molar-refractivity contribution in [3.63, 3.8) is 0 Å². The van der Waals surface area contributed by atoms with Crippen LogP contribution in [0.3, 0.4) is 0 Å². The van der Waals surface area contributed by atoms with E-state index in [9.17, 15) is 9.59 Å². The van der Waals surface area contributed by atoms with Crippen LogP contribution < -0.4 is 0 Å². The third kappa shape index (κ3) is 3.46. The maximum absolute atomic E-state index is 12.9. The van der Waals surface area contributed by atoms with Crippen molar-refractivity contribution < 1.29 is 14.3 Å². The topological polar surface area (TPSA) is 48.3 Å². The van der Waals surface area contributed by atoms with Crippen LogP contribution in [0.5, 0.6) is 0 Å². The fraction of sp³-hybridized carbons (Fsp3) is 0.200. The number of aryl methyl sites for hydroxylation is 1. The van der Waals surface area contributed by atoms with Gasteiger partial charge in [-0.15, -0.1) is 11.8 Å². The minimum absolute atomic E-state index is 0.0181. The summed E-state index contributed by atoms with van der Waals surface area (Å²) in [6.07, 6.45) is 0. The minimum Gasteiger partial charge on any atom is -0.468 e. The molecule has 0 radical (unpaired) electrons. The van der Waals surface area contributed by atoms with Gasteiger partial charge in [-0.3, -0.25) is 9.59 Å². The Kier molecular flexibility index (Phi) is 5.24. The van der Waals surface area contributed by atoms with E-state index >= 15 is 0 Å². The number of para-hydroxylation sites is 1. The molecule has 5 heteroatoms. The van der Waals surface area contributed by atoms with Crippen LogP contribution in [0.25, 0.3) is 22.2 Å². The molecular weight excluding hydrogens is 334 g/mol. The summed E-state index contributed by atoms with van der Waals surface area (Å²) >= 11 is 1.28. The molecule has 128 valence electrons. The maximum Gasteiger partial charge on any atom is 0.315 e. The molecule has 0 bridgehead atoms. The first-order valence-electron chi connectivity index (χ1n) is 7.94. The first kappa shape index (κ1) is 17.3. The van der Waals surface area contributed by atoms with Crippen LogP contribution in [0.15, 0.2) is 54.6 Å². The van der Waals surface area contributed by atoms with Gasteiger partial charge in [-0.2, -0.15) is 0 Å². The molecule has 0 aliphatic heterocycles. The van der Waals surface area contributed by atoms with E-state index in [1.54, 1.807) is 0 Å². The fourth-order valence-corrected chi connectivity index (χ4v) is 3.68. The Hall–Kier alpha value is -2.53. The van der Waals surface area contributed by atoms with Gasteiger partial charge in [0.15, 0.2) is 5.78 Å². The van der Waals surface area contributed by atoms with Gasteiger partial charge in [-0.05, 0) is 11.6 Å². The van der Waals surface area contributed by atoms with Gasteiger partial charge in [0.05, 0.1) is 29.9 Å². The molecule has 1 aromatic heterocycles. The van der Waals surface area contributed by atoms with E-state index in [1.807, 2.05) is 61.6 Å². The van der Waals surface area contributed by atoms with Gasteiger partial charge in [0, 0.05) is 18.0 Å². The molecule has 0 aliphatic carbocycles. The summed E-state index contributed by atoms with van der Waals surface area (Å²) in [5.41, 5.74) is 3.64. The zero-order valence-electron chi connectivity index (χ0n) is 14.2. The smallest absolute Gasteiger partial charge is 0.315 e. The number of rotatable bonds is 6. The predicted octanol–water partition coefficient (Wildman–Crippen LogP) is 3.93. The number of hydrogen-bond donors (Lipinski definition) is 0. The number of ketones is 1. The van der Waals surface area contributed by atoms with Gasteiger partial charge in [0.1, 0.15) is 0 Å². The Balaban J connectivity index is 2.04. The average Bonchev–Trinajstić information content (AvgIpc) is 2.95. The zero-order chi connectivity index (χ0) is 17.8. The Morgan fingerprint density at radius 3 is 2.40 bits per heavy atom. The lowest BCUT2D eigenvalue weighted by atomic mass is 10.0. The van der Waals surface area contributed by atoms with Crippen LogP contribution in [-0.4, -0.2) is 34.9 Å². The molecule has 1 heterocycles. The fourth-order valence-electron chi connectivity index (χ4n) is 2.97. The van der Waals surface area contributed by atoms with E-state index in [0.29, 0.717) is 5.56 Å². The lowest BCUT2D eigenvalue weighted by Gasteiger charge is -2.08. The van der Waals surface area contributed by atoms with E-state index in [1.165, 1.54) is 18.9 Å². The number of benzene rings is 2. The van der Waals surface area contributed by atoms with Crippen molar-refractivity contribution >= 4 is 34.4 Å². The number of esters is 1. The summed E-state index contributed by atoms with van der Waals surface area (Å²) in [6.45, 7) is 0. The van der Waals surface area contributed by atoms with Crippen LogP contribution >= 0.6 is 11.8 Å². The highest BCUT2D eigenvalue weighted by Crippen LogP contribution is 2.33. The lowest BCUT2D eigenvalue weighted by Crippen LogP contribution is -2.09. The summed E-state index contributed by atoms with van der Waals surface area (Å²) in [7, 11) is 3.33. The van der Waals surface area contributed by atoms with Crippen molar-refractivity contribution in [1.29, 1.82) is 0 Å². The Labute approximate surface area is 150 Å². The number of nitrogens with zero attached hydrogens (tertiary/aromatic N) is 1. The van der Waals surface area contributed by atoms with E-state index in [4.69, 9.17) is 0 Å². The van der Waals surface area contributed by atoms with Gasteiger partial charge < -0.3 is 9.30 Å². The van der Waals surface area contributed by atoms with Crippen LogP contribution in [-0.2, 0) is 16.6 Å². The minimum atomic E-state index is -0.320. The molecule has 3 rings (SSSR count). The van der Waals surface area contributed by atoms with Crippen molar-refractivity contribution in [3.05, 3.63) is 60.2 Å². The van der Waals surface area contributed by atoms with Gasteiger partial charge >= 0.3 is 5.97 Å². The number of ether oxygens (including phenoxy) is 1. The van der Waals surface area contributed by atoms with Crippen LogP contribution in [0, 0.1) is 0 Å². The highest BCUT2D eigenvalue weighted by molar-refractivity contribution is 8.00. The SMILES string of the molecule is COC(=O)CSCC(=O)c1c(-c2ccccc2)n(C)c2ccccc12. The second kappa shape index (κ2) is 7.57. The molecule has 0 amide bonds. The quantitative estimate of drug-likeness (QED) is 0.498. The van der Waals surface area contributed by atoms with Gasteiger partial charge in [0.2, 0.25) is 0 Å². The molecule has 4 nitrogen and oxygen atoms in total. The summed E-state index contributed by atoms with van der Waals surface area (Å²) in [5.74, 6) is 0.111. The van der Waals surface area contributed by atoms with Crippen molar-refractivity contribution in [3.8, 4) is 11.3 Å². The molecule has 0 aliphatic rings. The van der Waals surface area contributed by atoms with E-state index in [0.717, 1.165) is 22.2 Å². The second-order valence-corrected chi connectivity index (χ2v) is 6.64. The number of thioether (sulfide) groups is 1. The third-order valence-electron chi connectivity index (χ3n) is 4.11. The van der Waals surface area contributed by atoms with Crippen molar-refractivity contribution in [2.45, 2.75) is 0 Å². The van der Waals surface area contributed by atoms with Crippen LogP contribution in [0.1, 0.15) is 10.4 Å². The number of carbonyl (C=O) groups excluding carboxylic acids is 2. The Morgan fingerprint density at radius 1 is 1.00 bits per heavy atom. The van der Waals surface area contributed by atoms with E-state index < -0.39 is 0 Å². The van der Waals surface area contributed by atoms with Gasteiger partial charge in [-0.1, -0.05) is 48.5 Å². The number of hydrogen-bond acceptors (Lipinski definition) is 4. The Bertz CT molecular complexity index is 915. The Morgan fingerprint density at radius 2 is 1.68 bits per heavy atom. The normalized spacial score (nSPS) is 10.8. The molecular formula is C20H19NO3S. The lowest BCUT2D eigenvalue weighted by molar-refractivity contribution is -0.137. The first-order chi connectivity index (χ1) is 12.1. The molecule has 0 unspecified atom stereocenters. The summed E-state index contributed by atoms with van der Waals surface area (Å²) < 4.78 is 6.69. The van der Waals surface area contributed by atoms with Crippen LogP contribution in [0.2, 0.25) is 0 Å². The van der Waals surface area contributed by atoms with Crippen molar-refractivity contribution in [2.75, 3.05) is 18.6 Å². The highest BCUT2D eigenvalue weighted by Gasteiger charge is 2.22. The summed E-state index contributed by atoms with van der Waals surface area (Å²) in [4.78, 5) is 24.2. The van der Waals surface area contributed by atoms with Gasteiger partial charge in [-0.25, -0.2) is 0 Å². The first-order valence-corrected chi connectivity index (χ1v) is 9.09. The third-order valence-corrected chi connectivity index (χ3v) is 5.02. The monoisotopic (exact) mass is 353 g/mol. The van der Waals surface area contributed by atoms with E-state index in [2.05, 4.69) is 9.30 Å². The number of fused-ring (bicyclic) bond motifs is 1. The standard InChI is InChI=1S/C20H19NO3S/c1-21-16-11-7-6-10-15(16)19(17(22)12-25-13-18(23)24-2)20(21)14-8-4-3-5-9-14/h3-11H,12-13H2,1-2H3. The second-order valence-electron chi connectivity index (χ2n) is 5.66. The molecule has 0 atom stereocenters. The molecule has 0 saturated carbocycles. The largest absolute Gasteiger partial charge is 0.468 e. The number of aromatic nitrogens is 1. The zero-order valence-corrected chi connectivity index (χ0v) is 15.0. The number of carbonyl (C=O) groups is 2. The molecule has 0 spiro atoms. The molecule has 0 N–H and O–H groups in total. The molecule has 0 fully saturated rings. The molecule has 2 aromatic carbocycles. The van der Waals surface area contributed by atoms with Crippen molar-refractivity contribution in [2.24, 2.45) is 7.05 Å². The predicted molar refractivity (Wildman–Crippen MR) is 102 cm³/mol. The van der Waals surface area contributed by atoms with Crippen LogP contribution in [0.4, 0.5) is 0 Å². The summed E-state index contributed by atoms with van der Waals surface area (Å²) in [6, 6.07) is 17.8. The average molecular weight is 353 g/mol. The molecule has 0 saturated heterocycles. The molecule has 25 heavy (non-hydrogen) atoms. The van der Waals surface area contributed by atoms with Gasteiger partial charge in [0.25, 0.3) is 0 Å². The van der Waals surface area contributed by atoms with Crippen molar-refractivity contribution in [1.82, 2.24) is 4.57 Å². The van der Waals surface area contributed by atoms with E-state index in [-0.39, 0.29) is 23.3 Å². The number of Topliss-reactive ketones (excluding diaryl/α,β-unsaturated/α-hetero) is 1. The summed E-state index contributed by atoms with van der Waals surface area (Å²) in [5, 5.41) is 0.938. The maximum atomic E-state index is 12.9. The number of methoxy groups -OCH3 is 1.